The van der Waals surface area contributed by atoms with E-state index in [4.69, 9.17) is 19.3 Å². The third-order valence-electron chi connectivity index (χ3n) is 4.72. The van der Waals surface area contributed by atoms with Crippen molar-refractivity contribution < 1.29 is 28.9 Å². The van der Waals surface area contributed by atoms with E-state index < -0.39 is 23.8 Å². The largest absolute Gasteiger partial charge is 0.481 e. The van der Waals surface area contributed by atoms with E-state index in [-0.39, 0.29) is 19.1 Å². The maximum atomic E-state index is 12.1. The second kappa shape index (κ2) is 7.97. The van der Waals surface area contributed by atoms with Gasteiger partial charge in [-0.3, -0.25) is 4.79 Å². The molecule has 2 aliphatic rings. The normalized spacial score (nSPS) is 25.4. The standard InChI is InChI=1S/C19H24O6/c20-17(21)12-15-11-16(25-19(24-15)9-5-2-6-10-19)13-23-18(22)14-7-3-1-4-8-14/h1,3-4,7-8,15-16H,2,5-6,9-13H2,(H,20,21). The predicted molar refractivity (Wildman–Crippen MR) is 89.2 cm³/mol. The van der Waals surface area contributed by atoms with Gasteiger partial charge in [0.05, 0.1) is 24.2 Å². The molecule has 1 aromatic rings. The van der Waals surface area contributed by atoms with Crippen LogP contribution in [-0.2, 0) is 19.0 Å². The first-order valence-corrected chi connectivity index (χ1v) is 8.86. The number of ether oxygens (including phenoxy) is 3. The number of hydrogen-bond acceptors (Lipinski definition) is 5. The lowest BCUT2D eigenvalue weighted by molar-refractivity contribution is -0.331. The van der Waals surface area contributed by atoms with Gasteiger partial charge in [0.25, 0.3) is 0 Å². The highest BCUT2D eigenvalue weighted by Gasteiger charge is 2.44. The highest BCUT2D eigenvalue weighted by Crippen LogP contribution is 2.39. The highest BCUT2D eigenvalue weighted by molar-refractivity contribution is 5.89. The van der Waals surface area contributed by atoms with E-state index in [0.717, 1.165) is 32.1 Å². The van der Waals surface area contributed by atoms with Crippen LogP contribution in [0.25, 0.3) is 0 Å². The number of carbonyl (C=O) groups is 2. The van der Waals surface area contributed by atoms with E-state index >= 15 is 0 Å². The molecule has 0 aromatic heterocycles. The Kier molecular flexibility index (Phi) is 5.71. The molecule has 0 radical (unpaired) electrons. The summed E-state index contributed by atoms with van der Waals surface area (Å²) in [5.74, 6) is -2.01. The minimum atomic E-state index is -0.891. The molecule has 0 bridgehead atoms. The molecule has 25 heavy (non-hydrogen) atoms. The molecule has 1 N–H and O–H groups in total. The smallest absolute Gasteiger partial charge is 0.338 e. The fraction of sp³-hybridized carbons (Fsp3) is 0.579. The number of carboxylic acids is 1. The van der Waals surface area contributed by atoms with Crippen LogP contribution in [0.3, 0.4) is 0 Å². The molecule has 1 spiro atoms. The van der Waals surface area contributed by atoms with Gasteiger partial charge in [0.1, 0.15) is 6.61 Å². The summed E-state index contributed by atoms with van der Waals surface area (Å²) in [6, 6.07) is 8.79. The van der Waals surface area contributed by atoms with Gasteiger partial charge in [-0.2, -0.15) is 0 Å². The van der Waals surface area contributed by atoms with Crippen molar-refractivity contribution in [3.05, 3.63) is 35.9 Å². The average molecular weight is 348 g/mol. The number of benzene rings is 1. The number of carboxylic acid groups (broad SMARTS) is 1. The number of carbonyl (C=O) groups excluding carboxylic acids is 1. The van der Waals surface area contributed by atoms with Gasteiger partial charge >= 0.3 is 11.9 Å². The molecule has 0 amide bonds. The van der Waals surface area contributed by atoms with E-state index in [0.29, 0.717) is 12.0 Å². The second-order valence-corrected chi connectivity index (χ2v) is 6.75. The number of hydrogen-bond donors (Lipinski definition) is 1. The Bertz CT molecular complexity index is 593. The van der Waals surface area contributed by atoms with E-state index in [9.17, 15) is 9.59 Å². The third-order valence-corrected chi connectivity index (χ3v) is 4.72. The molecule has 1 saturated heterocycles. The van der Waals surface area contributed by atoms with E-state index in [1.54, 1.807) is 24.3 Å². The second-order valence-electron chi connectivity index (χ2n) is 6.75. The lowest BCUT2D eigenvalue weighted by atomic mass is 9.91. The summed E-state index contributed by atoms with van der Waals surface area (Å²) in [5, 5.41) is 9.10. The minimum Gasteiger partial charge on any atom is -0.481 e. The SMILES string of the molecule is O=C(O)CC1CC(COC(=O)c2ccccc2)OC2(CCCCC2)O1. The van der Waals surface area contributed by atoms with E-state index in [1.807, 2.05) is 6.07 Å². The fourth-order valence-corrected chi connectivity index (χ4v) is 3.60. The summed E-state index contributed by atoms with van der Waals surface area (Å²) in [7, 11) is 0. The fourth-order valence-electron chi connectivity index (χ4n) is 3.60. The number of aliphatic carboxylic acids is 1. The van der Waals surface area contributed by atoms with Crippen molar-refractivity contribution in [2.24, 2.45) is 0 Å². The van der Waals surface area contributed by atoms with Crippen LogP contribution in [0, 0.1) is 0 Å². The van der Waals surface area contributed by atoms with Gasteiger partial charge in [0, 0.05) is 19.3 Å². The molecule has 1 saturated carbocycles. The molecular formula is C19H24O6. The van der Waals surface area contributed by atoms with E-state index in [1.165, 1.54) is 0 Å². The Hall–Kier alpha value is -1.92. The zero-order chi connectivity index (χ0) is 17.7. The van der Waals surface area contributed by atoms with Crippen LogP contribution in [0.5, 0.6) is 0 Å². The van der Waals surface area contributed by atoms with Crippen LogP contribution in [0.4, 0.5) is 0 Å². The maximum absolute atomic E-state index is 12.1. The molecule has 6 nitrogen and oxygen atoms in total. The minimum absolute atomic E-state index is 0.0613. The van der Waals surface area contributed by atoms with Crippen molar-refractivity contribution in [2.45, 2.75) is 62.9 Å². The summed E-state index contributed by atoms with van der Waals surface area (Å²) < 4.78 is 17.5. The number of esters is 1. The summed E-state index contributed by atoms with van der Waals surface area (Å²) in [4.78, 5) is 23.2. The quantitative estimate of drug-likeness (QED) is 0.823. The first-order valence-electron chi connectivity index (χ1n) is 8.86. The first-order chi connectivity index (χ1) is 12.1. The Labute approximate surface area is 147 Å². The molecule has 6 heteroatoms. The Morgan fingerprint density at radius 1 is 1.08 bits per heavy atom. The Morgan fingerprint density at radius 2 is 1.76 bits per heavy atom. The van der Waals surface area contributed by atoms with Gasteiger partial charge in [-0.05, 0) is 25.0 Å². The van der Waals surface area contributed by atoms with Crippen LogP contribution in [0.15, 0.2) is 30.3 Å². The van der Waals surface area contributed by atoms with Crippen molar-refractivity contribution >= 4 is 11.9 Å². The summed E-state index contributed by atoms with van der Waals surface area (Å²) in [5.41, 5.74) is 0.490. The van der Waals surface area contributed by atoms with Gasteiger partial charge in [0.15, 0.2) is 5.79 Å². The lowest BCUT2D eigenvalue weighted by Gasteiger charge is -2.46. The van der Waals surface area contributed by atoms with Crippen LogP contribution in [-0.4, -0.2) is 41.6 Å². The molecule has 136 valence electrons. The van der Waals surface area contributed by atoms with Crippen molar-refractivity contribution in [1.82, 2.24) is 0 Å². The molecule has 1 heterocycles. The van der Waals surface area contributed by atoms with Crippen LogP contribution >= 0.6 is 0 Å². The Morgan fingerprint density at radius 3 is 2.44 bits per heavy atom. The van der Waals surface area contributed by atoms with Crippen molar-refractivity contribution in [3.8, 4) is 0 Å². The highest BCUT2D eigenvalue weighted by atomic mass is 16.7. The van der Waals surface area contributed by atoms with Gasteiger partial charge in [0.2, 0.25) is 0 Å². The molecule has 2 fully saturated rings. The monoisotopic (exact) mass is 348 g/mol. The molecule has 2 unspecified atom stereocenters. The number of rotatable bonds is 5. The zero-order valence-electron chi connectivity index (χ0n) is 14.2. The topological polar surface area (TPSA) is 82.1 Å². The molecule has 3 rings (SSSR count). The molecule has 1 aliphatic heterocycles. The first kappa shape index (κ1) is 17.9. The Balaban J connectivity index is 1.62. The molecular weight excluding hydrogens is 324 g/mol. The zero-order valence-corrected chi connectivity index (χ0v) is 14.2. The van der Waals surface area contributed by atoms with Crippen LogP contribution in [0.1, 0.15) is 55.3 Å². The van der Waals surface area contributed by atoms with Crippen LogP contribution < -0.4 is 0 Å². The van der Waals surface area contributed by atoms with Gasteiger partial charge in [-0.25, -0.2) is 4.79 Å². The molecule has 2 atom stereocenters. The summed E-state index contributed by atoms with van der Waals surface area (Å²) in [6.07, 6.45) is 4.23. The predicted octanol–water partition coefficient (Wildman–Crippen LogP) is 3.15. The molecule has 1 aliphatic carbocycles. The summed E-state index contributed by atoms with van der Waals surface area (Å²) in [6.45, 7) is 0.106. The average Bonchev–Trinajstić information content (AvgIpc) is 2.60. The maximum Gasteiger partial charge on any atom is 0.338 e. The van der Waals surface area contributed by atoms with Crippen molar-refractivity contribution in [2.75, 3.05) is 6.61 Å². The lowest BCUT2D eigenvalue weighted by Crippen LogP contribution is -2.51. The van der Waals surface area contributed by atoms with Gasteiger partial charge in [-0.1, -0.05) is 24.6 Å². The third kappa shape index (κ3) is 4.80. The van der Waals surface area contributed by atoms with Crippen molar-refractivity contribution in [1.29, 1.82) is 0 Å². The molecule has 1 aromatic carbocycles. The van der Waals surface area contributed by atoms with E-state index in [2.05, 4.69) is 0 Å². The van der Waals surface area contributed by atoms with Gasteiger partial charge in [-0.15, -0.1) is 0 Å². The van der Waals surface area contributed by atoms with Crippen LogP contribution in [0.2, 0.25) is 0 Å². The van der Waals surface area contributed by atoms with Gasteiger partial charge < -0.3 is 19.3 Å². The summed E-state index contributed by atoms with van der Waals surface area (Å²) >= 11 is 0. The van der Waals surface area contributed by atoms with Crippen molar-refractivity contribution in [3.63, 3.8) is 0 Å².